The van der Waals surface area contributed by atoms with Gasteiger partial charge in [0.05, 0.1) is 6.61 Å². The second-order valence-corrected chi connectivity index (χ2v) is 4.58. The lowest BCUT2D eigenvalue weighted by molar-refractivity contribution is -0.137. The number of allylic oxidation sites excluding steroid dienone is 1. The fraction of sp³-hybridized carbons (Fsp3) is 0.750. The molecule has 0 amide bonds. The molecule has 1 atom stereocenters. The number of esters is 1. The number of hydrogen-bond acceptors (Lipinski definition) is 2. The number of hydrogen-bond donors (Lipinski definition) is 0. The number of ether oxygens (including phenoxy) is 1. The van der Waals surface area contributed by atoms with Crippen LogP contribution < -0.4 is 0 Å². The zero-order valence-electron chi connectivity index (χ0n) is 9.59. The van der Waals surface area contributed by atoms with Crippen molar-refractivity contribution in [2.75, 3.05) is 6.61 Å². The first-order valence-corrected chi connectivity index (χ1v) is 5.36. The number of carbonyl (C=O) groups is 1. The summed E-state index contributed by atoms with van der Waals surface area (Å²) >= 11 is 0. The van der Waals surface area contributed by atoms with Crippen molar-refractivity contribution in [3.63, 3.8) is 0 Å². The van der Waals surface area contributed by atoms with Crippen LogP contribution in [0.2, 0.25) is 0 Å². The minimum absolute atomic E-state index is 0.159. The van der Waals surface area contributed by atoms with Gasteiger partial charge in [0.2, 0.25) is 0 Å². The Morgan fingerprint density at radius 3 is 2.71 bits per heavy atom. The fourth-order valence-electron chi connectivity index (χ4n) is 1.96. The van der Waals surface area contributed by atoms with E-state index in [2.05, 4.69) is 20.8 Å². The van der Waals surface area contributed by atoms with Crippen molar-refractivity contribution >= 4 is 5.97 Å². The van der Waals surface area contributed by atoms with Gasteiger partial charge in [-0.3, -0.25) is 0 Å². The molecule has 0 spiro atoms. The molecule has 1 aliphatic rings. The monoisotopic (exact) mass is 196 g/mol. The summed E-state index contributed by atoms with van der Waals surface area (Å²) in [5, 5.41) is 0. The van der Waals surface area contributed by atoms with Crippen LogP contribution in [-0.4, -0.2) is 12.6 Å². The Morgan fingerprint density at radius 1 is 1.64 bits per heavy atom. The van der Waals surface area contributed by atoms with Crippen molar-refractivity contribution in [2.24, 2.45) is 11.3 Å². The van der Waals surface area contributed by atoms with E-state index in [1.165, 1.54) is 12.0 Å². The lowest BCUT2D eigenvalue weighted by Gasteiger charge is -2.25. The summed E-state index contributed by atoms with van der Waals surface area (Å²) in [6.45, 7) is 8.94. The molecule has 0 N–H and O–H groups in total. The summed E-state index contributed by atoms with van der Waals surface area (Å²) in [6, 6.07) is 0. The Kier molecular flexibility index (Phi) is 3.35. The third-order valence-electron chi connectivity index (χ3n) is 3.48. The van der Waals surface area contributed by atoms with Gasteiger partial charge in [0, 0.05) is 6.08 Å². The molecular formula is C12H20O2. The molecule has 0 radical (unpaired) electrons. The zero-order chi connectivity index (χ0) is 10.8. The molecule has 2 nitrogen and oxygen atoms in total. The smallest absolute Gasteiger partial charge is 0.330 e. The molecule has 1 rings (SSSR count). The molecule has 0 aromatic rings. The Labute approximate surface area is 86.3 Å². The van der Waals surface area contributed by atoms with Gasteiger partial charge >= 0.3 is 5.97 Å². The average molecular weight is 196 g/mol. The Bertz CT molecular complexity index is 251. The van der Waals surface area contributed by atoms with E-state index in [4.69, 9.17) is 4.74 Å². The maximum atomic E-state index is 11.3. The van der Waals surface area contributed by atoms with Crippen LogP contribution in [0.15, 0.2) is 11.6 Å². The van der Waals surface area contributed by atoms with E-state index >= 15 is 0 Å². The maximum absolute atomic E-state index is 11.3. The van der Waals surface area contributed by atoms with Crippen LogP contribution in [0.5, 0.6) is 0 Å². The van der Waals surface area contributed by atoms with E-state index in [0.29, 0.717) is 12.5 Å². The SMILES string of the molecule is CCOC(=O)/C=C1\CCC(C)C1(C)C. The Morgan fingerprint density at radius 2 is 2.29 bits per heavy atom. The highest BCUT2D eigenvalue weighted by Crippen LogP contribution is 2.46. The van der Waals surface area contributed by atoms with Crippen LogP contribution >= 0.6 is 0 Å². The van der Waals surface area contributed by atoms with Gasteiger partial charge < -0.3 is 4.74 Å². The molecule has 0 heterocycles. The van der Waals surface area contributed by atoms with Crippen LogP contribution in [0, 0.1) is 11.3 Å². The average Bonchev–Trinajstić information content (AvgIpc) is 2.32. The second kappa shape index (κ2) is 4.16. The summed E-state index contributed by atoms with van der Waals surface area (Å²) in [7, 11) is 0. The molecule has 0 bridgehead atoms. The highest BCUT2D eigenvalue weighted by atomic mass is 16.5. The predicted octanol–water partition coefficient (Wildman–Crippen LogP) is 2.93. The lowest BCUT2D eigenvalue weighted by Crippen LogP contribution is -2.17. The molecule has 0 saturated heterocycles. The highest BCUT2D eigenvalue weighted by molar-refractivity contribution is 5.83. The molecule has 1 fully saturated rings. The fourth-order valence-corrected chi connectivity index (χ4v) is 1.96. The van der Waals surface area contributed by atoms with Gasteiger partial charge in [-0.2, -0.15) is 0 Å². The van der Waals surface area contributed by atoms with Crippen molar-refractivity contribution in [1.29, 1.82) is 0 Å². The van der Waals surface area contributed by atoms with E-state index in [1.807, 2.05) is 6.92 Å². The van der Waals surface area contributed by atoms with E-state index in [-0.39, 0.29) is 11.4 Å². The standard InChI is InChI=1S/C12H20O2/c1-5-14-11(13)8-10-7-6-9(2)12(10,3)4/h8-9H,5-7H2,1-4H3/b10-8+. The molecule has 14 heavy (non-hydrogen) atoms. The van der Waals surface area contributed by atoms with Crippen LogP contribution in [0.1, 0.15) is 40.5 Å². The van der Waals surface area contributed by atoms with Crippen LogP contribution in [0.4, 0.5) is 0 Å². The van der Waals surface area contributed by atoms with E-state index in [0.717, 1.165) is 6.42 Å². The Balaban J connectivity index is 2.74. The van der Waals surface area contributed by atoms with Crippen molar-refractivity contribution in [2.45, 2.75) is 40.5 Å². The Hall–Kier alpha value is -0.790. The van der Waals surface area contributed by atoms with Crippen molar-refractivity contribution < 1.29 is 9.53 Å². The first-order chi connectivity index (χ1) is 6.48. The predicted molar refractivity (Wildman–Crippen MR) is 56.9 cm³/mol. The molecule has 1 unspecified atom stereocenters. The molecule has 0 aromatic carbocycles. The van der Waals surface area contributed by atoms with Crippen molar-refractivity contribution in [3.8, 4) is 0 Å². The topological polar surface area (TPSA) is 26.3 Å². The maximum Gasteiger partial charge on any atom is 0.330 e. The third-order valence-corrected chi connectivity index (χ3v) is 3.48. The number of rotatable bonds is 2. The van der Waals surface area contributed by atoms with Gasteiger partial charge in [-0.1, -0.05) is 26.3 Å². The molecule has 0 aliphatic heterocycles. The van der Waals surface area contributed by atoms with Gasteiger partial charge in [-0.25, -0.2) is 4.79 Å². The van der Waals surface area contributed by atoms with E-state index in [9.17, 15) is 4.79 Å². The van der Waals surface area contributed by atoms with Gasteiger partial charge in [0.1, 0.15) is 0 Å². The molecule has 1 aliphatic carbocycles. The second-order valence-electron chi connectivity index (χ2n) is 4.58. The molecule has 0 aromatic heterocycles. The largest absolute Gasteiger partial charge is 0.463 e. The summed E-state index contributed by atoms with van der Waals surface area (Å²) in [5.74, 6) is 0.466. The van der Waals surface area contributed by atoms with Gasteiger partial charge in [-0.15, -0.1) is 0 Å². The summed E-state index contributed by atoms with van der Waals surface area (Å²) in [4.78, 5) is 11.3. The van der Waals surface area contributed by atoms with E-state index < -0.39 is 0 Å². The van der Waals surface area contributed by atoms with Crippen LogP contribution in [0.25, 0.3) is 0 Å². The lowest BCUT2D eigenvalue weighted by atomic mass is 9.80. The van der Waals surface area contributed by atoms with Crippen LogP contribution in [-0.2, 0) is 9.53 Å². The van der Waals surface area contributed by atoms with E-state index in [1.54, 1.807) is 6.08 Å². The van der Waals surface area contributed by atoms with Gasteiger partial charge in [-0.05, 0) is 31.1 Å². The molecule has 2 heteroatoms. The van der Waals surface area contributed by atoms with Gasteiger partial charge in [0.25, 0.3) is 0 Å². The number of carbonyl (C=O) groups excluding carboxylic acids is 1. The summed E-state index contributed by atoms with van der Waals surface area (Å²) in [6.07, 6.45) is 3.90. The van der Waals surface area contributed by atoms with Crippen molar-refractivity contribution in [1.82, 2.24) is 0 Å². The zero-order valence-corrected chi connectivity index (χ0v) is 9.59. The first-order valence-electron chi connectivity index (χ1n) is 5.36. The molecular weight excluding hydrogens is 176 g/mol. The molecule has 1 saturated carbocycles. The normalized spacial score (nSPS) is 28.0. The summed E-state index contributed by atoms with van der Waals surface area (Å²) < 4.78 is 4.92. The molecule has 80 valence electrons. The minimum atomic E-state index is -0.190. The van der Waals surface area contributed by atoms with Crippen molar-refractivity contribution in [3.05, 3.63) is 11.6 Å². The minimum Gasteiger partial charge on any atom is -0.463 e. The van der Waals surface area contributed by atoms with Gasteiger partial charge in [0.15, 0.2) is 0 Å². The third kappa shape index (κ3) is 2.17. The summed E-state index contributed by atoms with van der Waals surface area (Å²) in [5.41, 5.74) is 1.40. The first kappa shape index (κ1) is 11.3. The quantitative estimate of drug-likeness (QED) is 0.501. The highest BCUT2D eigenvalue weighted by Gasteiger charge is 2.35. The van der Waals surface area contributed by atoms with Crippen LogP contribution in [0.3, 0.4) is 0 Å².